The number of benzene rings is 1. The van der Waals surface area contributed by atoms with Crippen molar-refractivity contribution in [3.05, 3.63) is 48.0 Å². The van der Waals surface area contributed by atoms with Crippen LogP contribution >= 0.6 is 0 Å². The molecule has 0 bridgehead atoms. The van der Waals surface area contributed by atoms with Crippen molar-refractivity contribution in [2.75, 3.05) is 20.1 Å². The van der Waals surface area contributed by atoms with Gasteiger partial charge in [-0.3, -0.25) is 0 Å². The topological polar surface area (TPSA) is 32.3 Å². The zero-order chi connectivity index (χ0) is 14.9. The molecule has 0 saturated heterocycles. The van der Waals surface area contributed by atoms with E-state index < -0.39 is 0 Å². The quantitative estimate of drug-likeness (QED) is 0.796. The summed E-state index contributed by atoms with van der Waals surface area (Å²) in [5, 5.41) is 3.05. The van der Waals surface area contributed by atoms with Crippen molar-refractivity contribution >= 4 is 6.03 Å². The molecule has 21 heavy (non-hydrogen) atoms. The average Bonchev–Trinajstić information content (AvgIpc) is 2.54. The highest BCUT2D eigenvalue weighted by Crippen LogP contribution is 2.16. The molecule has 3 nitrogen and oxygen atoms in total. The van der Waals surface area contributed by atoms with E-state index in [1.54, 1.807) is 4.90 Å². The molecule has 0 spiro atoms. The van der Waals surface area contributed by atoms with Crippen LogP contribution in [-0.2, 0) is 6.42 Å². The minimum Gasteiger partial charge on any atom is -0.338 e. The summed E-state index contributed by atoms with van der Waals surface area (Å²) in [6.45, 7) is 1.59. The first-order valence-corrected chi connectivity index (χ1v) is 7.93. The molecule has 0 radical (unpaired) electrons. The number of urea groups is 1. The summed E-state index contributed by atoms with van der Waals surface area (Å²) < 4.78 is 0. The van der Waals surface area contributed by atoms with E-state index in [2.05, 4.69) is 41.7 Å². The van der Waals surface area contributed by atoms with Crippen LogP contribution in [-0.4, -0.2) is 31.1 Å². The second-order valence-corrected chi connectivity index (χ2v) is 5.85. The number of nitrogens with zero attached hydrogens (tertiary/aromatic N) is 1. The lowest BCUT2D eigenvalue weighted by Gasteiger charge is -2.22. The third kappa shape index (κ3) is 5.62. The van der Waals surface area contributed by atoms with Crippen LogP contribution in [0.1, 0.15) is 31.2 Å². The number of carbonyl (C=O) groups excluding carboxylic acids is 1. The molecule has 0 saturated carbocycles. The fourth-order valence-electron chi connectivity index (χ4n) is 2.67. The van der Waals surface area contributed by atoms with E-state index in [-0.39, 0.29) is 6.03 Å². The lowest BCUT2D eigenvalue weighted by Crippen LogP contribution is -2.40. The van der Waals surface area contributed by atoms with E-state index in [1.807, 2.05) is 13.1 Å². The first kappa shape index (κ1) is 15.6. The smallest absolute Gasteiger partial charge is 0.317 e. The molecule has 1 aliphatic carbocycles. The number of carbonyl (C=O) groups is 1. The summed E-state index contributed by atoms with van der Waals surface area (Å²) >= 11 is 0. The van der Waals surface area contributed by atoms with Gasteiger partial charge in [0.05, 0.1) is 0 Å². The molecule has 0 fully saturated rings. The van der Waals surface area contributed by atoms with Crippen LogP contribution in [0.3, 0.4) is 0 Å². The monoisotopic (exact) mass is 286 g/mol. The molecule has 0 aromatic heterocycles. The summed E-state index contributed by atoms with van der Waals surface area (Å²) in [5.74, 6) is 0.608. The van der Waals surface area contributed by atoms with Crippen LogP contribution in [0, 0.1) is 5.92 Å². The van der Waals surface area contributed by atoms with Crippen molar-refractivity contribution in [2.24, 2.45) is 5.92 Å². The third-order valence-corrected chi connectivity index (χ3v) is 4.07. The van der Waals surface area contributed by atoms with Crippen LogP contribution in [0.15, 0.2) is 42.5 Å². The molecule has 3 heteroatoms. The molecule has 1 N–H and O–H groups in total. The maximum absolute atomic E-state index is 12.0. The largest absolute Gasteiger partial charge is 0.338 e. The Morgan fingerprint density at radius 1 is 1.29 bits per heavy atom. The molecule has 2 amide bonds. The van der Waals surface area contributed by atoms with Crippen LogP contribution in [0.4, 0.5) is 4.79 Å². The van der Waals surface area contributed by atoms with Crippen LogP contribution < -0.4 is 5.32 Å². The van der Waals surface area contributed by atoms with Crippen LogP contribution in [0.5, 0.6) is 0 Å². The lowest BCUT2D eigenvalue weighted by molar-refractivity contribution is 0.206. The highest BCUT2D eigenvalue weighted by atomic mass is 16.2. The van der Waals surface area contributed by atoms with E-state index in [0.717, 1.165) is 38.8 Å². The lowest BCUT2D eigenvalue weighted by atomic mass is 9.94. The molecular formula is C18H26N2O. The SMILES string of the molecule is CN(CCCc1ccccc1)C(=O)NCC1CC=CCC1. The second-order valence-electron chi connectivity index (χ2n) is 5.85. The van der Waals surface area contributed by atoms with Crippen molar-refractivity contribution in [1.82, 2.24) is 10.2 Å². The van der Waals surface area contributed by atoms with Crippen molar-refractivity contribution in [3.8, 4) is 0 Å². The third-order valence-electron chi connectivity index (χ3n) is 4.07. The van der Waals surface area contributed by atoms with Crippen molar-refractivity contribution in [2.45, 2.75) is 32.1 Å². The van der Waals surface area contributed by atoms with E-state index in [9.17, 15) is 4.79 Å². The molecule has 1 aromatic rings. The van der Waals surface area contributed by atoms with Gasteiger partial charge >= 0.3 is 6.03 Å². The Bertz CT molecular complexity index is 456. The fraction of sp³-hybridized carbons (Fsp3) is 0.500. The number of aryl methyl sites for hydroxylation is 1. The fourth-order valence-corrected chi connectivity index (χ4v) is 2.67. The van der Waals surface area contributed by atoms with Crippen LogP contribution in [0.25, 0.3) is 0 Å². The van der Waals surface area contributed by atoms with Gasteiger partial charge in [0.1, 0.15) is 0 Å². The van der Waals surface area contributed by atoms with Gasteiger partial charge in [-0.25, -0.2) is 4.79 Å². The molecule has 2 rings (SSSR count). The first-order chi connectivity index (χ1) is 10.3. The Balaban J connectivity index is 1.62. The standard InChI is InChI=1S/C18H26N2O/c1-20(14-8-13-16-9-4-2-5-10-16)18(21)19-15-17-11-6-3-7-12-17/h2-6,9-10,17H,7-8,11-15H2,1H3,(H,19,21). The van der Waals surface area contributed by atoms with Gasteiger partial charge in [0.2, 0.25) is 0 Å². The molecular weight excluding hydrogens is 260 g/mol. The molecule has 1 aromatic carbocycles. The van der Waals surface area contributed by atoms with Gasteiger partial charge in [-0.05, 0) is 43.6 Å². The zero-order valence-corrected chi connectivity index (χ0v) is 12.9. The van der Waals surface area contributed by atoms with E-state index in [4.69, 9.17) is 0 Å². The highest BCUT2D eigenvalue weighted by molar-refractivity contribution is 5.73. The number of hydrogen-bond donors (Lipinski definition) is 1. The summed E-state index contributed by atoms with van der Waals surface area (Å²) in [6.07, 6.45) is 9.91. The number of allylic oxidation sites excluding steroid dienone is 2. The Morgan fingerprint density at radius 2 is 2.10 bits per heavy atom. The zero-order valence-electron chi connectivity index (χ0n) is 12.9. The van der Waals surface area contributed by atoms with Gasteiger partial charge in [-0.1, -0.05) is 42.5 Å². The molecule has 0 aliphatic heterocycles. The van der Waals surface area contributed by atoms with Gasteiger partial charge in [-0.2, -0.15) is 0 Å². The molecule has 1 atom stereocenters. The minimum absolute atomic E-state index is 0.0533. The molecule has 1 aliphatic rings. The van der Waals surface area contributed by atoms with Gasteiger partial charge < -0.3 is 10.2 Å². The van der Waals surface area contributed by atoms with E-state index in [0.29, 0.717) is 5.92 Å². The highest BCUT2D eigenvalue weighted by Gasteiger charge is 2.13. The summed E-state index contributed by atoms with van der Waals surface area (Å²) in [4.78, 5) is 13.8. The maximum Gasteiger partial charge on any atom is 0.317 e. The predicted octanol–water partition coefficient (Wildman–Crippen LogP) is 3.62. The summed E-state index contributed by atoms with van der Waals surface area (Å²) in [7, 11) is 1.88. The van der Waals surface area contributed by atoms with Crippen molar-refractivity contribution < 1.29 is 4.79 Å². The summed E-state index contributed by atoms with van der Waals surface area (Å²) in [6, 6.07) is 10.5. The van der Waals surface area contributed by atoms with Crippen molar-refractivity contribution in [3.63, 3.8) is 0 Å². The maximum atomic E-state index is 12.0. The normalized spacial score (nSPS) is 17.5. The van der Waals surface area contributed by atoms with Gasteiger partial charge in [-0.15, -0.1) is 0 Å². The Morgan fingerprint density at radius 3 is 2.81 bits per heavy atom. The second kappa shape index (κ2) is 8.50. The van der Waals surface area contributed by atoms with Gasteiger partial charge in [0.15, 0.2) is 0 Å². The van der Waals surface area contributed by atoms with E-state index in [1.165, 1.54) is 12.0 Å². The van der Waals surface area contributed by atoms with Crippen molar-refractivity contribution in [1.29, 1.82) is 0 Å². The van der Waals surface area contributed by atoms with Gasteiger partial charge in [0, 0.05) is 20.1 Å². The minimum atomic E-state index is 0.0533. The summed E-state index contributed by atoms with van der Waals surface area (Å²) in [5.41, 5.74) is 1.33. The number of hydrogen-bond acceptors (Lipinski definition) is 1. The molecule has 1 unspecified atom stereocenters. The first-order valence-electron chi connectivity index (χ1n) is 7.93. The Labute approximate surface area is 128 Å². The predicted molar refractivity (Wildman–Crippen MR) is 87.3 cm³/mol. The number of rotatable bonds is 6. The number of amides is 2. The number of nitrogens with one attached hydrogen (secondary N) is 1. The molecule has 0 heterocycles. The Hall–Kier alpha value is -1.77. The van der Waals surface area contributed by atoms with Gasteiger partial charge in [0.25, 0.3) is 0 Å². The molecule has 114 valence electrons. The van der Waals surface area contributed by atoms with Crippen LogP contribution in [0.2, 0.25) is 0 Å². The van der Waals surface area contributed by atoms with E-state index >= 15 is 0 Å². The Kier molecular flexibility index (Phi) is 6.32. The average molecular weight is 286 g/mol.